The molecule has 2 saturated carbocycles. The van der Waals surface area contributed by atoms with E-state index in [1.807, 2.05) is 41.5 Å². The van der Waals surface area contributed by atoms with Gasteiger partial charge in [0, 0.05) is 33.0 Å². The lowest BCUT2D eigenvalue weighted by Gasteiger charge is -2.64. The Bertz CT molecular complexity index is 2270. The second-order valence-corrected chi connectivity index (χ2v) is 19.2. The molecule has 4 heterocycles. The summed E-state index contributed by atoms with van der Waals surface area (Å²) in [6.07, 6.45) is 11.5. The zero-order valence-electron chi connectivity index (χ0n) is 34.0. The number of hydrogen-bond donors (Lipinski definition) is 2. The van der Waals surface area contributed by atoms with Crippen LogP contribution in [0.1, 0.15) is 150 Å². The van der Waals surface area contributed by atoms with Crippen LogP contribution in [0.3, 0.4) is 0 Å². The Morgan fingerprint density at radius 2 is 1.80 bits per heavy atom. The maximum atomic E-state index is 14.9. The molecule has 4 aliphatic carbocycles. The number of oxazole rings is 1. The van der Waals surface area contributed by atoms with E-state index in [2.05, 4.69) is 81.1 Å². The Balaban J connectivity index is 1.21. The summed E-state index contributed by atoms with van der Waals surface area (Å²) in [6, 6.07) is 1.75. The fourth-order valence-corrected chi connectivity index (χ4v) is 12.6. The number of carbonyl (C=O) groups is 1. The third-order valence-corrected chi connectivity index (χ3v) is 15.2. The van der Waals surface area contributed by atoms with Gasteiger partial charge in [-0.3, -0.25) is 4.79 Å². The van der Waals surface area contributed by atoms with E-state index < -0.39 is 34.9 Å². The Morgan fingerprint density at radius 1 is 1.07 bits per heavy atom. The summed E-state index contributed by atoms with van der Waals surface area (Å²) in [4.78, 5) is 19.5. The topological polar surface area (TPSA) is 97.7 Å². The molecule has 2 fully saturated rings. The molecule has 2 radical (unpaired) electrons. The predicted octanol–water partition coefficient (Wildman–Crippen LogP) is 9.78. The van der Waals surface area contributed by atoms with Crippen molar-refractivity contribution in [3.63, 3.8) is 0 Å². The van der Waals surface area contributed by atoms with Crippen molar-refractivity contribution in [2.75, 3.05) is 0 Å². The lowest BCUT2D eigenvalue weighted by atomic mass is 9.40. The lowest BCUT2D eigenvalue weighted by Crippen LogP contribution is -2.61. The second kappa shape index (κ2) is 11.1. The third-order valence-electron chi connectivity index (χ3n) is 15.2. The monoisotopic (exact) mass is 728 g/mol. The van der Waals surface area contributed by atoms with E-state index in [9.17, 15) is 15.0 Å². The van der Waals surface area contributed by atoms with Crippen LogP contribution in [0.25, 0.3) is 22.0 Å². The number of rotatable bonds is 4. The molecule has 0 amide bonds. The van der Waals surface area contributed by atoms with Gasteiger partial charge in [-0.25, -0.2) is 4.98 Å². The largest absolute Gasteiger partial charge is 0.442 e. The molecule has 0 saturated heterocycles. The number of aryl methyl sites for hydroxylation is 2. The minimum Gasteiger partial charge on any atom is -0.442 e. The molecule has 2 N–H and O–H groups in total. The van der Waals surface area contributed by atoms with Crippen LogP contribution in [0.5, 0.6) is 0 Å². The van der Waals surface area contributed by atoms with Gasteiger partial charge in [0.1, 0.15) is 11.8 Å². The Labute approximate surface area is 320 Å². The average molecular weight is 729 g/mol. The van der Waals surface area contributed by atoms with Crippen molar-refractivity contribution in [1.29, 1.82) is 0 Å². The number of ether oxygens (including phenoxy) is 1. The van der Waals surface area contributed by atoms with E-state index in [0.717, 1.165) is 81.8 Å². The Morgan fingerprint density at radius 3 is 2.46 bits per heavy atom. The number of aliphatic hydroxyl groups excluding tert-OH is 2. The molecule has 54 heavy (non-hydrogen) atoms. The standard InChI is InChI=1S/C47H56N2O5/c1-23(2)37-40(52)35-34-28(31-22-43(6,7)54-44(8,9)36(31)39(34)51)21-29-30-20-27-15-16-32-45(10,18-13-14-24(3)42-48-25(4)26(5)53-42)33(50)17-19-46(32,11)47(27,12)41(30)49(37)38(29)35/h13-14,18,21-22,32-33,37,39,50-51H,1,15-17,19-20H2,2-12H3/b18-13+,24-14+/t32-,33-,37-,39+,45-,46-,47+/m0/s1. The first-order chi connectivity index (χ1) is 25.2. The van der Waals surface area contributed by atoms with Crippen LogP contribution in [0.15, 0.2) is 46.9 Å². The number of aliphatic hydroxyl groups is 2. The van der Waals surface area contributed by atoms with Gasteiger partial charge in [-0.05, 0) is 134 Å². The van der Waals surface area contributed by atoms with Crippen LogP contribution in [0, 0.1) is 42.4 Å². The number of allylic oxidation sites excluding steroid dienone is 4. The van der Waals surface area contributed by atoms with Crippen molar-refractivity contribution in [3.8, 4) is 0 Å². The van der Waals surface area contributed by atoms with E-state index in [1.165, 1.54) is 17.2 Å². The molecular formula is C47H56N2O5. The summed E-state index contributed by atoms with van der Waals surface area (Å²) in [5.74, 6) is 4.04. The molecule has 1 aromatic carbocycles. The summed E-state index contributed by atoms with van der Waals surface area (Å²) in [7, 11) is 0. The van der Waals surface area contributed by atoms with E-state index in [1.54, 1.807) is 0 Å². The minimum absolute atomic E-state index is 0.0269. The summed E-state index contributed by atoms with van der Waals surface area (Å²) in [5.41, 5.74) is 7.29. The highest BCUT2D eigenvalue weighted by Crippen LogP contribution is 2.72. The van der Waals surface area contributed by atoms with Gasteiger partial charge in [0.15, 0.2) is 5.78 Å². The molecule has 2 aromatic heterocycles. The number of hydrogen-bond acceptors (Lipinski definition) is 6. The van der Waals surface area contributed by atoms with Crippen molar-refractivity contribution in [2.45, 2.75) is 143 Å². The maximum Gasteiger partial charge on any atom is 0.222 e. The van der Waals surface area contributed by atoms with Crippen LogP contribution >= 0.6 is 0 Å². The van der Waals surface area contributed by atoms with Crippen molar-refractivity contribution >= 4 is 27.8 Å². The van der Waals surface area contributed by atoms with Crippen LogP contribution < -0.4 is 0 Å². The zero-order chi connectivity index (χ0) is 38.8. The number of carbonyl (C=O) groups excluding carboxylic acids is 1. The summed E-state index contributed by atoms with van der Waals surface area (Å²) < 4.78 is 14.8. The molecule has 7 heteroatoms. The van der Waals surface area contributed by atoms with E-state index in [4.69, 9.17) is 9.15 Å². The molecule has 284 valence electrons. The Hall–Kier alpha value is -3.52. The number of ketones is 1. The molecular weight excluding hydrogens is 673 g/mol. The van der Waals surface area contributed by atoms with Crippen molar-refractivity contribution in [2.24, 2.45) is 16.7 Å². The maximum absolute atomic E-state index is 14.9. The zero-order valence-corrected chi connectivity index (χ0v) is 34.0. The van der Waals surface area contributed by atoms with Gasteiger partial charge < -0.3 is 23.9 Å². The number of fused-ring (bicyclic) bond motifs is 11. The van der Waals surface area contributed by atoms with Crippen LogP contribution in [-0.4, -0.2) is 42.9 Å². The molecule has 0 unspecified atom stereocenters. The van der Waals surface area contributed by atoms with Crippen molar-refractivity contribution in [1.82, 2.24) is 9.55 Å². The fraction of sp³-hybridized carbons (Fsp3) is 0.532. The summed E-state index contributed by atoms with van der Waals surface area (Å²) in [6.45, 7) is 27.6. The minimum atomic E-state index is -0.932. The highest BCUT2D eigenvalue weighted by molar-refractivity contribution is 6.19. The molecule has 6 aliphatic rings. The quantitative estimate of drug-likeness (QED) is 0.205. The number of nitrogens with zero attached hydrogens (tertiary/aromatic N) is 2. The highest BCUT2D eigenvalue weighted by Gasteiger charge is 2.68. The van der Waals surface area contributed by atoms with Gasteiger partial charge >= 0.3 is 0 Å². The summed E-state index contributed by atoms with van der Waals surface area (Å²) >= 11 is 0. The van der Waals surface area contributed by atoms with Crippen LogP contribution in [0.2, 0.25) is 0 Å². The SMILES string of the molecule is C=C(C)[C@H]1C(=O)c2c3c(cc4c5c(n1c24)[C@@]1(C)[C](CC[C@H]2[C@](C)(/C=C/C=C(\C)c4nc(C)c(C)o4)[C@@H](O)CC[C@@]21C)C5)C1=CC(C)(C)OC(C)(C)[C]1[C@@H]3O. The van der Waals surface area contributed by atoms with Gasteiger partial charge in [-0.1, -0.05) is 51.2 Å². The predicted molar refractivity (Wildman–Crippen MR) is 213 cm³/mol. The van der Waals surface area contributed by atoms with Gasteiger partial charge in [-0.2, -0.15) is 0 Å². The van der Waals surface area contributed by atoms with Gasteiger partial charge in [0.2, 0.25) is 5.89 Å². The number of Topliss-reactive ketones (excluding diaryl/α,β-unsaturated/α-hetero) is 1. The van der Waals surface area contributed by atoms with E-state index in [0.29, 0.717) is 17.9 Å². The average Bonchev–Trinajstić information content (AvgIpc) is 3.82. The smallest absolute Gasteiger partial charge is 0.222 e. The molecule has 0 spiro atoms. The van der Waals surface area contributed by atoms with Crippen LogP contribution in [0.4, 0.5) is 0 Å². The highest BCUT2D eigenvalue weighted by atomic mass is 16.5. The first kappa shape index (κ1) is 36.1. The summed E-state index contributed by atoms with van der Waals surface area (Å²) in [5, 5.41) is 25.2. The molecule has 7 atom stereocenters. The number of aromatic nitrogens is 2. The van der Waals surface area contributed by atoms with Crippen molar-refractivity contribution in [3.05, 3.63) is 99.7 Å². The molecule has 9 rings (SSSR count). The van der Waals surface area contributed by atoms with Gasteiger partial charge in [0.25, 0.3) is 0 Å². The lowest BCUT2D eigenvalue weighted by molar-refractivity contribution is -0.122. The third kappa shape index (κ3) is 4.35. The number of benzene rings is 1. The molecule has 7 nitrogen and oxygen atoms in total. The van der Waals surface area contributed by atoms with Gasteiger partial charge in [-0.15, -0.1) is 0 Å². The first-order valence-corrected chi connectivity index (χ1v) is 19.9. The van der Waals surface area contributed by atoms with Crippen molar-refractivity contribution < 1.29 is 24.2 Å². The van der Waals surface area contributed by atoms with Crippen LogP contribution in [-0.2, 0) is 16.6 Å². The molecule has 0 bridgehead atoms. The Kier molecular flexibility index (Phi) is 7.41. The normalized spacial score (nSPS) is 35.3. The second-order valence-electron chi connectivity index (χ2n) is 19.2. The fourth-order valence-electron chi connectivity index (χ4n) is 12.6. The first-order valence-electron chi connectivity index (χ1n) is 19.9. The molecule has 2 aliphatic heterocycles. The van der Waals surface area contributed by atoms with E-state index >= 15 is 0 Å². The van der Waals surface area contributed by atoms with Gasteiger partial charge in [0.05, 0.1) is 46.1 Å². The van der Waals surface area contributed by atoms with E-state index in [-0.39, 0.29) is 22.5 Å². The molecule has 3 aromatic rings.